The molecular weight excluding hydrogens is 418 g/mol. The third kappa shape index (κ3) is 3.76. The van der Waals surface area contributed by atoms with E-state index < -0.39 is 4.92 Å². The highest BCUT2D eigenvalue weighted by molar-refractivity contribution is 6.06. The standard InChI is InChI=1S/C25H21N5O3/c1-17-10-12-19(13-11-17)23-15-22(18-6-3-2-4-7-18)28(25-26-16-27-29(23)25)24(31)20-8-5-9-21(14-20)30(32)33/h2-14,16,22-23H,15H2,1H3/t22-,23-/m1/s1. The van der Waals surface area contributed by atoms with Gasteiger partial charge in [-0.25, -0.2) is 4.68 Å². The number of carbonyl (C=O) groups excluding carboxylic acids is 1. The normalized spacial score (nSPS) is 17.4. The molecule has 0 saturated carbocycles. The van der Waals surface area contributed by atoms with E-state index >= 15 is 0 Å². The van der Waals surface area contributed by atoms with Gasteiger partial charge in [0.25, 0.3) is 11.6 Å². The molecule has 2 heterocycles. The van der Waals surface area contributed by atoms with Crippen LogP contribution < -0.4 is 4.90 Å². The molecule has 1 amide bonds. The average molecular weight is 439 g/mol. The number of nitro groups is 1. The van der Waals surface area contributed by atoms with Gasteiger partial charge in [0.05, 0.1) is 17.0 Å². The maximum absolute atomic E-state index is 13.7. The second-order valence-corrected chi connectivity index (χ2v) is 8.08. The first-order valence-electron chi connectivity index (χ1n) is 10.6. The van der Waals surface area contributed by atoms with E-state index in [0.717, 1.165) is 16.7 Å². The summed E-state index contributed by atoms with van der Waals surface area (Å²) in [6, 6.07) is 23.4. The molecule has 1 aromatic heterocycles. The van der Waals surface area contributed by atoms with Gasteiger partial charge in [-0.15, -0.1) is 0 Å². The molecule has 0 aliphatic carbocycles. The zero-order chi connectivity index (χ0) is 22.9. The van der Waals surface area contributed by atoms with Crippen molar-refractivity contribution in [1.82, 2.24) is 14.8 Å². The minimum atomic E-state index is -0.502. The fourth-order valence-corrected chi connectivity index (χ4v) is 4.34. The summed E-state index contributed by atoms with van der Waals surface area (Å²) in [5, 5.41) is 15.7. The number of amides is 1. The lowest BCUT2D eigenvalue weighted by atomic mass is 9.91. The van der Waals surface area contributed by atoms with Gasteiger partial charge in [-0.1, -0.05) is 66.2 Å². The van der Waals surface area contributed by atoms with Crippen molar-refractivity contribution in [3.8, 4) is 0 Å². The van der Waals surface area contributed by atoms with Crippen LogP contribution in [0.3, 0.4) is 0 Å². The molecule has 0 saturated heterocycles. The molecule has 1 aliphatic heterocycles. The summed E-state index contributed by atoms with van der Waals surface area (Å²) < 4.78 is 1.76. The van der Waals surface area contributed by atoms with Crippen LogP contribution in [0.5, 0.6) is 0 Å². The van der Waals surface area contributed by atoms with Crippen LogP contribution >= 0.6 is 0 Å². The Bertz CT molecular complexity index is 1320. The van der Waals surface area contributed by atoms with Crippen molar-refractivity contribution in [3.05, 3.63) is 118 Å². The maximum Gasteiger partial charge on any atom is 0.270 e. The number of hydrogen-bond acceptors (Lipinski definition) is 5. The van der Waals surface area contributed by atoms with Crippen LogP contribution in [0, 0.1) is 17.0 Å². The van der Waals surface area contributed by atoms with Crippen LogP contribution in [-0.2, 0) is 0 Å². The van der Waals surface area contributed by atoms with E-state index in [1.807, 2.05) is 37.3 Å². The lowest BCUT2D eigenvalue weighted by Gasteiger charge is -2.39. The Labute approximate surface area is 190 Å². The molecule has 8 heteroatoms. The minimum Gasteiger partial charge on any atom is -0.269 e. The molecule has 33 heavy (non-hydrogen) atoms. The number of aromatic nitrogens is 3. The summed E-state index contributed by atoms with van der Waals surface area (Å²) >= 11 is 0. The van der Waals surface area contributed by atoms with Gasteiger partial charge >= 0.3 is 0 Å². The number of non-ortho nitro benzene ring substituents is 1. The van der Waals surface area contributed by atoms with Gasteiger partial charge in [0, 0.05) is 17.7 Å². The number of carbonyl (C=O) groups is 1. The predicted molar refractivity (Wildman–Crippen MR) is 123 cm³/mol. The van der Waals surface area contributed by atoms with Crippen LogP contribution in [0.15, 0.2) is 85.2 Å². The molecule has 0 spiro atoms. The molecule has 8 nitrogen and oxygen atoms in total. The number of fused-ring (bicyclic) bond motifs is 1. The first kappa shape index (κ1) is 20.6. The van der Waals surface area contributed by atoms with Crippen molar-refractivity contribution in [2.45, 2.75) is 25.4 Å². The molecular formula is C25H21N5O3. The largest absolute Gasteiger partial charge is 0.270 e. The fourth-order valence-electron chi connectivity index (χ4n) is 4.34. The van der Waals surface area contributed by atoms with Crippen molar-refractivity contribution in [2.75, 3.05) is 4.90 Å². The van der Waals surface area contributed by atoms with Gasteiger partial charge in [-0.2, -0.15) is 10.1 Å². The molecule has 5 rings (SSSR count). The Morgan fingerprint density at radius 2 is 1.70 bits per heavy atom. The van der Waals surface area contributed by atoms with Crippen LogP contribution in [0.4, 0.5) is 11.6 Å². The summed E-state index contributed by atoms with van der Waals surface area (Å²) in [4.78, 5) is 30.5. The molecule has 164 valence electrons. The molecule has 0 bridgehead atoms. The monoisotopic (exact) mass is 439 g/mol. The summed E-state index contributed by atoms with van der Waals surface area (Å²) in [5.41, 5.74) is 3.30. The third-order valence-corrected chi connectivity index (χ3v) is 5.99. The highest BCUT2D eigenvalue weighted by Gasteiger charge is 2.39. The number of nitro benzene ring substituents is 1. The summed E-state index contributed by atoms with van der Waals surface area (Å²) in [6.07, 6.45) is 2.03. The molecule has 0 unspecified atom stereocenters. The quantitative estimate of drug-likeness (QED) is 0.334. The summed E-state index contributed by atoms with van der Waals surface area (Å²) in [7, 11) is 0. The van der Waals surface area contributed by atoms with Crippen LogP contribution in [0.1, 0.15) is 45.6 Å². The van der Waals surface area contributed by atoms with Gasteiger partial charge < -0.3 is 0 Å². The van der Waals surface area contributed by atoms with Crippen molar-refractivity contribution in [1.29, 1.82) is 0 Å². The Morgan fingerprint density at radius 3 is 2.42 bits per heavy atom. The minimum absolute atomic E-state index is 0.109. The van der Waals surface area contributed by atoms with Gasteiger partial charge in [-0.05, 0) is 30.5 Å². The number of nitrogens with zero attached hydrogens (tertiary/aromatic N) is 5. The van der Waals surface area contributed by atoms with E-state index in [9.17, 15) is 14.9 Å². The number of benzene rings is 3. The fraction of sp³-hybridized carbons (Fsp3) is 0.160. The SMILES string of the molecule is Cc1ccc([C@H]2C[C@H](c3ccccc3)N(C(=O)c3cccc([N+](=O)[O-])c3)c3ncnn32)cc1. The van der Waals surface area contributed by atoms with E-state index in [4.69, 9.17) is 0 Å². The Balaban J connectivity index is 1.64. The van der Waals surface area contributed by atoms with Crippen molar-refractivity contribution in [3.63, 3.8) is 0 Å². The molecule has 4 aromatic rings. The third-order valence-electron chi connectivity index (χ3n) is 5.99. The van der Waals surface area contributed by atoms with E-state index in [1.165, 1.54) is 24.5 Å². The first-order valence-corrected chi connectivity index (χ1v) is 10.6. The van der Waals surface area contributed by atoms with Crippen molar-refractivity contribution in [2.24, 2.45) is 0 Å². The molecule has 1 aliphatic rings. The van der Waals surface area contributed by atoms with Crippen molar-refractivity contribution >= 4 is 17.5 Å². The average Bonchev–Trinajstić information content (AvgIpc) is 3.34. The van der Waals surface area contributed by atoms with Crippen molar-refractivity contribution < 1.29 is 9.72 Å². The van der Waals surface area contributed by atoms with Crippen LogP contribution in [0.25, 0.3) is 0 Å². The van der Waals surface area contributed by atoms with Gasteiger partial charge in [0.1, 0.15) is 6.33 Å². The van der Waals surface area contributed by atoms with Gasteiger partial charge in [-0.3, -0.25) is 19.8 Å². The van der Waals surface area contributed by atoms with E-state index in [0.29, 0.717) is 12.4 Å². The molecule has 3 aromatic carbocycles. The second-order valence-electron chi connectivity index (χ2n) is 8.08. The van der Waals surface area contributed by atoms with Crippen LogP contribution in [-0.4, -0.2) is 25.6 Å². The lowest BCUT2D eigenvalue weighted by Crippen LogP contribution is -2.42. The number of aryl methyl sites for hydroxylation is 1. The highest BCUT2D eigenvalue weighted by Crippen LogP contribution is 2.42. The highest BCUT2D eigenvalue weighted by atomic mass is 16.6. The topological polar surface area (TPSA) is 94.2 Å². The van der Waals surface area contributed by atoms with E-state index in [-0.39, 0.29) is 29.2 Å². The van der Waals surface area contributed by atoms with Gasteiger partial charge in [0.15, 0.2) is 0 Å². The Kier molecular flexibility index (Phi) is 5.18. The molecule has 0 N–H and O–H groups in total. The second kappa shape index (κ2) is 8.31. The first-order chi connectivity index (χ1) is 16.0. The number of anilines is 1. The zero-order valence-corrected chi connectivity index (χ0v) is 17.9. The summed E-state index contributed by atoms with van der Waals surface area (Å²) in [5.74, 6) is 0.0568. The predicted octanol–water partition coefficient (Wildman–Crippen LogP) is 4.88. The zero-order valence-electron chi connectivity index (χ0n) is 17.9. The maximum atomic E-state index is 13.7. The van der Waals surface area contributed by atoms with E-state index in [2.05, 4.69) is 34.3 Å². The molecule has 0 radical (unpaired) electrons. The van der Waals surface area contributed by atoms with Crippen LogP contribution in [0.2, 0.25) is 0 Å². The Morgan fingerprint density at radius 1 is 0.970 bits per heavy atom. The van der Waals surface area contributed by atoms with E-state index in [1.54, 1.807) is 15.6 Å². The number of rotatable bonds is 4. The molecule has 2 atom stereocenters. The number of hydrogen-bond donors (Lipinski definition) is 0. The smallest absolute Gasteiger partial charge is 0.269 e. The Hall–Kier alpha value is -4.33. The summed E-state index contributed by atoms with van der Waals surface area (Å²) in [6.45, 7) is 2.04. The van der Waals surface area contributed by atoms with Gasteiger partial charge in [0.2, 0.25) is 5.95 Å². The lowest BCUT2D eigenvalue weighted by molar-refractivity contribution is -0.384. The molecule has 0 fully saturated rings.